The fourth-order valence-corrected chi connectivity index (χ4v) is 2.18. The average Bonchev–Trinajstić information content (AvgIpc) is 2.47. The molecule has 82 valence electrons. The topological polar surface area (TPSA) is 46.3 Å². The Labute approximate surface area is 86.6 Å². The van der Waals surface area contributed by atoms with Gasteiger partial charge in [0, 0.05) is 18.6 Å². The molecule has 1 heterocycles. The molecule has 14 heavy (non-hydrogen) atoms. The molecular weight excluding hydrogens is 176 g/mol. The van der Waals surface area contributed by atoms with Crippen LogP contribution in [0.1, 0.15) is 40.0 Å². The van der Waals surface area contributed by atoms with Gasteiger partial charge in [-0.2, -0.15) is 0 Å². The van der Waals surface area contributed by atoms with Crippen LogP contribution in [0.4, 0.5) is 0 Å². The number of rotatable bonds is 3. The highest BCUT2D eigenvalue weighted by Crippen LogP contribution is 2.29. The average molecular weight is 198 g/mol. The molecule has 0 bridgehead atoms. The number of nitrogens with two attached hydrogens (primary N) is 1. The van der Waals surface area contributed by atoms with Crippen molar-refractivity contribution in [1.82, 2.24) is 4.90 Å². The van der Waals surface area contributed by atoms with Gasteiger partial charge in [0.2, 0.25) is 5.91 Å². The van der Waals surface area contributed by atoms with E-state index in [1.807, 2.05) is 11.8 Å². The van der Waals surface area contributed by atoms with E-state index in [1.165, 1.54) is 0 Å². The second-order valence-electron chi connectivity index (χ2n) is 4.75. The second-order valence-corrected chi connectivity index (χ2v) is 4.75. The molecule has 0 saturated carbocycles. The van der Waals surface area contributed by atoms with Crippen molar-refractivity contribution in [1.29, 1.82) is 0 Å². The van der Waals surface area contributed by atoms with Gasteiger partial charge in [0.1, 0.15) is 0 Å². The number of likely N-dealkylation sites (tertiary alicyclic amines) is 1. The Balaban J connectivity index is 2.68. The molecule has 0 aromatic rings. The summed E-state index contributed by atoms with van der Waals surface area (Å²) in [5.41, 5.74) is 5.63. The van der Waals surface area contributed by atoms with Crippen molar-refractivity contribution < 1.29 is 4.79 Å². The van der Waals surface area contributed by atoms with Crippen LogP contribution in [0, 0.1) is 5.92 Å². The smallest absolute Gasteiger partial charge is 0.227 e. The molecular formula is C11H22N2O. The fraction of sp³-hybridized carbons (Fsp3) is 0.909. The van der Waals surface area contributed by atoms with Crippen LogP contribution in [0.3, 0.4) is 0 Å². The van der Waals surface area contributed by atoms with E-state index >= 15 is 0 Å². The summed E-state index contributed by atoms with van der Waals surface area (Å²) in [6.45, 7) is 7.69. The van der Waals surface area contributed by atoms with Gasteiger partial charge >= 0.3 is 0 Å². The Hall–Kier alpha value is -0.570. The van der Waals surface area contributed by atoms with E-state index < -0.39 is 0 Å². The van der Waals surface area contributed by atoms with Gasteiger partial charge in [-0.25, -0.2) is 0 Å². The van der Waals surface area contributed by atoms with Crippen LogP contribution < -0.4 is 5.73 Å². The van der Waals surface area contributed by atoms with Crippen molar-refractivity contribution >= 4 is 5.91 Å². The third-order valence-corrected chi connectivity index (χ3v) is 3.29. The quantitative estimate of drug-likeness (QED) is 0.744. The predicted molar refractivity (Wildman–Crippen MR) is 57.9 cm³/mol. The lowest BCUT2D eigenvalue weighted by Gasteiger charge is -2.34. The minimum atomic E-state index is 0.0207. The van der Waals surface area contributed by atoms with Crippen LogP contribution in [0.25, 0.3) is 0 Å². The van der Waals surface area contributed by atoms with Gasteiger partial charge in [0.05, 0.1) is 5.92 Å². The summed E-state index contributed by atoms with van der Waals surface area (Å²) in [6.07, 6.45) is 3.08. The minimum Gasteiger partial charge on any atom is -0.337 e. The van der Waals surface area contributed by atoms with Gasteiger partial charge in [0.25, 0.3) is 0 Å². The summed E-state index contributed by atoms with van der Waals surface area (Å²) < 4.78 is 0. The highest BCUT2D eigenvalue weighted by molar-refractivity contribution is 5.80. The van der Waals surface area contributed by atoms with Crippen LogP contribution in [0.5, 0.6) is 0 Å². The lowest BCUT2D eigenvalue weighted by Crippen LogP contribution is -2.47. The van der Waals surface area contributed by atoms with Crippen LogP contribution >= 0.6 is 0 Å². The molecule has 1 unspecified atom stereocenters. The van der Waals surface area contributed by atoms with Crippen LogP contribution in [0.2, 0.25) is 0 Å². The Morgan fingerprint density at radius 1 is 1.57 bits per heavy atom. The summed E-state index contributed by atoms with van der Waals surface area (Å²) >= 11 is 0. The summed E-state index contributed by atoms with van der Waals surface area (Å²) in [5.74, 6) is 0.268. The normalized spacial score (nSPS) is 22.4. The lowest BCUT2D eigenvalue weighted by atomic mass is 9.99. The Kier molecular flexibility index (Phi) is 3.53. The molecule has 1 saturated heterocycles. The minimum absolute atomic E-state index is 0.0207. The molecule has 3 heteroatoms. The molecule has 1 atom stereocenters. The summed E-state index contributed by atoms with van der Waals surface area (Å²) in [6, 6.07) is 0. The van der Waals surface area contributed by atoms with Crippen molar-refractivity contribution in [2.45, 2.75) is 45.6 Å². The SMILES string of the molecule is CCC(CN)C(=O)N1CCCC1(C)C. The van der Waals surface area contributed by atoms with Crippen molar-refractivity contribution in [2.24, 2.45) is 11.7 Å². The molecule has 0 aromatic heterocycles. The number of hydrogen-bond donors (Lipinski definition) is 1. The van der Waals surface area contributed by atoms with Crippen LogP contribution in [-0.2, 0) is 4.79 Å². The van der Waals surface area contributed by atoms with Crippen molar-refractivity contribution in [3.63, 3.8) is 0 Å². The maximum absolute atomic E-state index is 12.1. The Morgan fingerprint density at radius 3 is 2.57 bits per heavy atom. The molecule has 1 amide bonds. The number of carbonyl (C=O) groups is 1. The summed E-state index contributed by atoms with van der Waals surface area (Å²) in [4.78, 5) is 14.1. The molecule has 0 aromatic carbocycles. The number of carbonyl (C=O) groups excluding carboxylic acids is 1. The molecule has 2 N–H and O–H groups in total. The third-order valence-electron chi connectivity index (χ3n) is 3.29. The molecule has 0 radical (unpaired) electrons. The maximum Gasteiger partial charge on any atom is 0.227 e. The molecule has 1 aliphatic rings. The summed E-state index contributed by atoms with van der Waals surface area (Å²) in [5, 5.41) is 0. The van der Waals surface area contributed by atoms with E-state index in [9.17, 15) is 4.79 Å². The van der Waals surface area contributed by atoms with Crippen molar-refractivity contribution in [2.75, 3.05) is 13.1 Å². The van der Waals surface area contributed by atoms with Gasteiger partial charge in [-0.3, -0.25) is 4.79 Å². The molecule has 0 aliphatic carbocycles. The van der Waals surface area contributed by atoms with E-state index in [-0.39, 0.29) is 17.4 Å². The first kappa shape index (κ1) is 11.5. The number of hydrogen-bond acceptors (Lipinski definition) is 2. The van der Waals surface area contributed by atoms with Gasteiger partial charge in [0.15, 0.2) is 0 Å². The standard InChI is InChI=1S/C11H22N2O/c1-4-9(8-12)10(14)13-7-5-6-11(13,2)3/h9H,4-8,12H2,1-3H3. The molecule has 1 aliphatic heterocycles. The zero-order chi connectivity index (χ0) is 10.8. The van der Waals surface area contributed by atoms with E-state index in [2.05, 4.69) is 13.8 Å². The van der Waals surface area contributed by atoms with Crippen molar-refractivity contribution in [3.8, 4) is 0 Å². The first-order chi connectivity index (χ1) is 6.53. The maximum atomic E-state index is 12.1. The van der Waals surface area contributed by atoms with E-state index in [0.29, 0.717) is 6.54 Å². The summed E-state index contributed by atoms with van der Waals surface area (Å²) in [7, 11) is 0. The van der Waals surface area contributed by atoms with E-state index in [0.717, 1.165) is 25.8 Å². The third kappa shape index (κ3) is 2.08. The highest BCUT2D eigenvalue weighted by Gasteiger charge is 2.37. The Morgan fingerprint density at radius 2 is 2.21 bits per heavy atom. The van der Waals surface area contributed by atoms with Gasteiger partial charge in [-0.05, 0) is 33.1 Å². The zero-order valence-electron chi connectivity index (χ0n) is 9.55. The highest BCUT2D eigenvalue weighted by atomic mass is 16.2. The molecule has 0 spiro atoms. The van der Waals surface area contributed by atoms with Crippen LogP contribution in [0.15, 0.2) is 0 Å². The van der Waals surface area contributed by atoms with Crippen molar-refractivity contribution in [3.05, 3.63) is 0 Å². The van der Waals surface area contributed by atoms with E-state index in [4.69, 9.17) is 5.73 Å². The molecule has 3 nitrogen and oxygen atoms in total. The number of nitrogens with zero attached hydrogens (tertiary/aromatic N) is 1. The first-order valence-electron chi connectivity index (χ1n) is 5.54. The van der Waals surface area contributed by atoms with E-state index in [1.54, 1.807) is 0 Å². The van der Waals surface area contributed by atoms with Gasteiger partial charge in [-0.15, -0.1) is 0 Å². The van der Waals surface area contributed by atoms with Crippen LogP contribution in [-0.4, -0.2) is 29.4 Å². The largest absolute Gasteiger partial charge is 0.337 e. The fourth-order valence-electron chi connectivity index (χ4n) is 2.18. The lowest BCUT2D eigenvalue weighted by molar-refractivity contribution is -0.138. The predicted octanol–water partition coefficient (Wildman–Crippen LogP) is 1.37. The number of amides is 1. The van der Waals surface area contributed by atoms with Gasteiger partial charge in [-0.1, -0.05) is 6.92 Å². The first-order valence-corrected chi connectivity index (χ1v) is 5.54. The monoisotopic (exact) mass is 198 g/mol. The molecule has 1 fully saturated rings. The Bertz CT molecular complexity index is 209. The zero-order valence-corrected chi connectivity index (χ0v) is 9.55. The molecule has 1 rings (SSSR count). The second kappa shape index (κ2) is 4.30. The van der Waals surface area contributed by atoms with Gasteiger partial charge < -0.3 is 10.6 Å².